The van der Waals surface area contributed by atoms with Crippen molar-refractivity contribution in [2.24, 2.45) is 0 Å². The van der Waals surface area contributed by atoms with Gasteiger partial charge in [-0.15, -0.1) is 0 Å². The van der Waals surface area contributed by atoms with Crippen LogP contribution in [-0.4, -0.2) is 28.7 Å². The highest BCUT2D eigenvalue weighted by molar-refractivity contribution is 8.13. The van der Waals surface area contributed by atoms with Crippen LogP contribution in [0.3, 0.4) is 0 Å². The number of thioether (sulfide) groups is 1. The number of anilines is 1. The van der Waals surface area contributed by atoms with Crippen LogP contribution in [0.15, 0.2) is 53.7 Å². The molecule has 5 nitrogen and oxygen atoms in total. The summed E-state index contributed by atoms with van der Waals surface area (Å²) < 4.78 is 5.09. The Balaban J connectivity index is 1.57. The van der Waals surface area contributed by atoms with Crippen LogP contribution in [0.1, 0.15) is 0 Å². The lowest BCUT2D eigenvalue weighted by Gasteiger charge is -2.05. The Labute approximate surface area is 132 Å². The SMILES string of the molecule is COc1ccc(NCC(=O)Sc2nc3ccccc3[nH]2)cc1. The van der Waals surface area contributed by atoms with Crippen molar-refractivity contribution in [3.63, 3.8) is 0 Å². The molecule has 2 aromatic carbocycles. The fourth-order valence-corrected chi connectivity index (χ4v) is 2.67. The van der Waals surface area contributed by atoms with Crippen molar-refractivity contribution in [3.05, 3.63) is 48.5 Å². The number of benzene rings is 2. The molecule has 0 aliphatic rings. The lowest BCUT2D eigenvalue weighted by molar-refractivity contribution is -0.109. The van der Waals surface area contributed by atoms with Gasteiger partial charge in [0.05, 0.1) is 24.7 Å². The van der Waals surface area contributed by atoms with Crippen LogP contribution < -0.4 is 10.1 Å². The van der Waals surface area contributed by atoms with E-state index in [-0.39, 0.29) is 11.7 Å². The quantitative estimate of drug-likeness (QED) is 0.707. The molecule has 2 N–H and O–H groups in total. The number of nitrogens with zero attached hydrogens (tertiary/aromatic N) is 1. The zero-order chi connectivity index (χ0) is 15.4. The smallest absolute Gasteiger partial charge is 0.215 e. The molecular formula is C16H15N3O2S. The molecule has 112 valence electrons. The third-order valence-corrected chi connectivity index (χ3v) is 3.86. The van der Waals surface area contributed by atoms with Gasteiger partial charge in [0.15, 0.2) is 5.16 Å². The minimum atomic E-state index is -0.00475. The lowest BCUT2D eigenvalue weighted by Crippen LogP contribution is -2.10. The van der Waals surface area contributed by atoms with Gasteiger partial charge in [0.25, 0.3) is 0 Å². The number of para-hydroxylation sites is 2. The van der Waals surface area contributed by atoms with E-state index in [0.29, 0.717) is 5.16 Å². The molecule has 0 aliphatic heterocycles. The van der Waals surface area contributed by atoms with Gasteiger partial charge in [-0.25, -0.2) is 4.98 Å². The van der Waals surface area contributed by atoms with E-state index in [9.17, 15) is 4.79 Å². The van der Waals surface area contributed by atoms with Crippen molar-refractivity contribution in [2.75, 3.05) is 19.0 Å². The van der Waals surface area contributed by atoms with Gasteiger partial charge in [-0.1, -0.05) is 12.1 Å². The number of rotatable bonds is 5. The molecule has 0 unspecified atom stereocenters. The maximum absolute atomic E-state index is 12.0. The third kappa shape index (κ3) is 3.40. The van der Waals surface area contributed by atoms with Crippen LogP contribution in [-0.2, 0) is 4.79 Å². The molecule has 22 heavy (non-hydrogen) atoms. The minimum absolute atomic E-state index is 0.00475. The molecule has 0 saturated heterocycles. The van der Waals surface area contributed by atoms with Crippen LogP contribution in [0.4, 0.5) is 5.69 Å². The molecule has 0 amide bonds. The molecule has 3 rings (SSSR count). The first-order chi connectivity index (χ1) is 10.7. The normalized spacial score (nSPS) is 10.6. The topological polar surface area (TPSA) is 67.0 Å². The van der Waals surface area contributed by atoms with Gasteiger partial charge in [-0.05, 0) is 48.2 Å². The predicted octanol–water partition coefficient (Wildman–Crippen LogP) is 3.30. The van der Waals surface area contributed by atoms with Gasteiger partial charge in [0.1, 0.15) is 5.75 Å². The molecule has 0 saturated carbocycles. The van der Waals surface area contributed by atoms with Crippen molar-refractivity contribution in [2.45, 2.75) is 5.16 Å². The Hall–Kier alpha value is -2.47. The van der Waals surface area contributed by atoms with Crippen LogP contribution in [0.25, 0.3) is 11.0 Å². The number of imidazole rings is 1. The van der Waals surface area contributed by atoms with Crippen molar-refractivity contribution in [1.82, 2.24) is 9.97 Å². The van der Waals surface area contributed by atoms with E-state index >= 15 is 0 Å². The van der Waals surface area contributed by atoms with E-state index in [1.165, 1.54) is 0 Å². The lowest BCUT2D eigenvalue weighted by atomic mass is 10.3. The molecule has 1 aromatic heterocycles. The van der Waals surface area contributed by atoms with Crippen LogP contribution >= 0.6 is 11.8 Å². The van der Waals surface area contributed by atoms with Gasteiger partial charge in [0, 0.05) is 5.69 Å². The molecule has 6 heteroatoms. The largest absolute Gasteiger partial charge is 0.497 e. The number of aromatic nitrogens is 2. The number of ether oxygens (including phenoxy) is 1. The second-order valence-corrected chi connectivity index (χ2v) is 5.66. The van der Waals surface area contributed by atoms with E-state index in [0.717, 1.165) is 34.2 Å². The van der Waals surface area contributed by atoms with E-state index < -0.39 is 0 Å². The molecule has 3 aromatic rings. The Morgan fingerprint density at radius 1 is 1.23 bits per heavy atom. The molecule has 0 bridgehead atoms. The number of nitrogens with one attached hydrogen (secondary N) is 2. The predicted molar refractivity (Wildman–Crippen MR) is 88.4 cm³/mol. The summed E-state index contributed by atoms with van der Waals surface area (Å²) in [5, 5.41) is 3.69. The summed E-state index contributed by atoms with van der Waals surface area (Å²) in [6.07, 6.45) is 0. The average molecular weight is 313 g/mol. The fourth-order valence-electron chi connectivity index (χ4n) is 2.00. The maximum atomic E-state index is 12.0. The van der Waals surface area contributed by atoms with E-state index in [2.05, 4.69) is 15.3 Å². The minimum Gasteiger partial charge on any atom is -0.497 e. The van der Waals surface area contributed by atoms with Gasteiger partial charge in [0.2, 0.25) is 5.12 Å². The van der Waals surface area contributed by atoms with E-state index in [4.69, 9.17) is 4.74 Å². The first-order valence-electron chi connectivity index (χ1n) is 6.78. The number of methoxy groups -OCH3 is 1. The summed E-state index contributed by atoms with van der Waals surface area (Å²) in [4.78, 5) is 19.5. The summed E-state index contributed by atoms with van der Waals surface area (Å²) in [6, 6.07) is 15.1. The summed E-state index contributed by atoms with van der Waals surface area (Å²) in [6.45, 7) is 0.230. The second-order valence-electron chi connectivity index (χ2n) is 4.62. The highest BCUT2D eigenvalue weighted by Crippen LogP contribution is 2.20. The van der Waals surface area contributed by atoms with Gasteiger partial charge in [-0.2, -0.15) is 0 Å². The number of hydrogen-bond acceptors (Lipinski definition) is 5. The maximum Gasteiger partial charge on any atom is 0.215 e. The number of carbonyl (C=O) groups is 1. The number of fused-ring (bicyclic) bond motifs is 1. The zero-order valence-corrected chi connectivity index (χ0v) is 12.8. The number of hydrogen-bond donors (Lipinski definition) is 2. The number of H-pyrrole nitrogens is 1. The highest BCUT2D eigenvalue weighted by atomic mass is 32.2. The second kappa shape index (κ2) is 6.53. The summed E-state index contributed by atoms with van der Waals surface area (Å²) in [7, 11) is 1.62. The van der Waals surface area contributed by atoms with Crippen molar-refractivity contribution in [3.8, 4) is 5.75 Å². The Kier molecular flexibility index (Phi) is 4.29. The van der Waals surface area contributed by atoms with Crippen LogP contribution in [0, 0.1) is 0 Å². The Morgan fingerprint density at radius 2 is 2.00 bits per heavy atom. The molecule has 1 heterocycles. The van der Waals surface area contributed by atoms with Gasteiger partial charge >= 0.3 is 0 Å². The van der Waals surface area contributed by atoms with Crippen molar-refractivity contribution < 1.29 is 9.53 Å². The van der Waals surface area contributed by atoms with Crippen LogP contribution in [0.2, 0.25) is 0 Å². The van der Waals surface area contributed by atoms with Gasteiger partial charge in [-0.3, -0.25) is 4.79 Å². The molecule has 0 aliphatic carbocycles. The molecule has 0 spiro atoms. The molecule has 0 fully saturated rings. The zero-order valence-electron chi connectivity index (χ0n) is 12.0. The molecular weight excluding hydrogens is 298 g/mol. The van der Waals surface area contributed by atoms with Crippen molar-refractivity contribution in [1.29, 1.82) is 0 Å². The summed E-state index contributed by atoms with van der Waals surface area (Å²) in [5.41, 5.74) is 2.67. The standard InChI is InChI=1S/C16H15N3O2S/c1-21-12-8-6-11(7-9-12)17-10-15(20)22-16-18-13-4-2-3-5-14(13)19-16/h2-9,17H,10H2,1H3,(H,18,19). The summed E-state index contributed by atoms with van der Waals surface area (Å²) >= 11 is 1.10. The van der Waals surface area contributed by atoms with E-state index in [1.807, 2.05) is 48.5 Å². The molecule has 0 radical (unpaired) electrons. The average Bonchev–Trinajstić information content (AvgIpc) is 2.95. The first-order valence-corrected chi connectivity index (χ1v) is 7.59. The Bertz CT molecular complexity index is 750. The highest BCUT2D eigenvalue weighted by Gasteiger charge is 2.09. The number of carbonyl (C=O) groups excluding carboxylic acids is 1. The number of aromatic amines is 1. The van der Waals surface area contributed by atoms with Crippen LogP contribution in [0.5, 0.6) is 5.75 Å². The van der Waals surface area contributed by atoms with Crippen molar-refractivity contribution >= 4 is 33.6 Å². The van der Waals surface area contributed by atoms with E-state index in [1.54, 1.807) is 7.11 Å². The fraction of sp³-hybridized carbons (Fsp3) is 0.125. The summed E-state index contributed by atoms with van der Waals surface area (Å²) in [5.74, 6) is 0.786. The molecule has 0 atom stereocenters. The monoisotopic (exact) mass is 313 g/mol. The third-order valence-electron chi connectivity index (χ3n) is 3.11. The first kappa shape index (κ1) is 14.5. The Morgan fingerprint density at radius 3 is 2.73 bits per heavy atom. The van der Waals surface area contributed by atoms with Gasteiger partial charge < -0.3 is 15.0 Å².